The van der Waals surface area contributed by atoms with Crippen molar-refractivity contribution >= 4 is 17.3 Å². The van der Waals surface area contributed by atoms with Gasteiger partial charge in [-0.15, -0.1) is 0 Å². The molecule has 0 radical (unpaired) electrons. The normalized spacial score (nSPS) is 14.4. The van der Waals surface area contributed by atoms with Crippen molar-refractivity contribution in [1.29, 1.82) is 5.26 Å². The van der Waals surface area contributed by atoms with E-state index in [0.717, 1.165) is 44.2 Å². The number of nitrogens with zero attached hydrogens (tertiary/aromatic N) is 3. The second kappa shape index (κ2) is 8.94. The number of carbonyl (C=O) groups excluding carboxylic acids is 1. The Balaban J connectivity index is 1.53. The quantitative estimate of drug-likeness (QED) is 0.824. The van der Waals surface area contributed by atoms with Crippen molar-refractivity contribution in [3.8, 4) is 6.07 Å². The number of benzene rings is 1. The molecule has 7 heteroatoms. The van der Waals surface area contributed by atoms with Crippen LogP contribution in [-0.2, 0) is 4.74 Å². The van der Waals surface area contributed by atoms with E-state index >= 15 is 0 Å². The van der Waals surface area contributed by atoms with E-state index in [1.807, 2.05) is 12.1 Å². The smallest absolute Gasteiger partial charge is 0.269 e. The van der Waals surface area contributed by atoms with Gasteiger partial charge in [0.2, 0.25) is 0 Å². The molecule has 1 aromatic carbocycles. The van der Waals surface area contributed by atoms with E-state index in [1.54, 1.807) is 30.5 Å². The summed E-state index contributed by atoms with van der Waals surface area (Å²) >= 11 is 0. The van der Waals surface area contributed by atoms with Gasteiger partial charge in [-0.1, -0.05) is 0 Å². The first-order valence-corrected chi connectivity index (χ1v) is 8.56. The van der Waals surface area contributed by atoms with Crippen molar-refractivity contribution in [1.82, 2.24) is 15.2 Å². The monoisotopic (exact) mass is 351 g/mol. The fourth-order valence-corrected chi connectivity index (χ4v) is 2.67. The molecule has 26 heavy (non-hydrogen) atoms. The van der Waals surface area contributed by atoms with E-state index in [-0.39, 0.29) is 5.91 Å². The molecular weight excluding hydrogens is 330 g/mol. The number of nitrogens with one attached hydrogen (secondary N) is 2. The highest BCUT2D eigenvalue weighted by molar-refractivity contribution is 5.93. The van der Waals surface area contributed by atoms with Crippen LogP contribution in [0.3, 0.4) is 0 Å². The lowest BCUT2D eigenvalue weighted by atomic mass is 10.2. The third kappa shape index (κ3) is 5.02. The van der Waals surface area contributed by atoms with Crippen LogP contribution in [0.2, 0.25) is 0 Å². The summed E-state index contributed by atoms with van der Waals surface area (Å²) in [7, 11) is 0. The first-order chi connectivity index (χ1) is 12.7. The highest BCUT2D eigenvalue weighted by atomic mass is 16.5. The molecule has 2 aromatic rings. The number of morpholine rings is 1. The lowest BCUT2D eigenvalue weighted by molar-refractivity contribution is 0.0383. The number of hydrogen-bond acceptors (Lipinski definition) is 6. The molecule has 3 rings (SSSR count). The minimum Gasteiger partial charge on any atom is -0.379 e. The van der Waals surface area contributed by atoms with Gasteiger partial charge in [0.15, 0.2) is 0 Å². The van der Waals surface area contributed by atoms with Crippen molar-refractivity contribution in [3.63, 3.8) is 0 Å². The van der Waals surface area contributed by atoms with Crippen LogP contribution in [0.4, 0.5) is 11.4 Å². The van der Waals surface area contributed by atoms with Crippen molar-refractivity contribution in [2.24, 2.45) is 0 Å². The van der Waals surface area contributed by atoms with Crippen molar-refractivity contribution < 1.29 is 9.53 Å². The maximum atomic E-state index is 12.3. The number of hydrogen-bond donors (Lipinski definition) is 2. The second-order valence-corrected chi connectivity index (χ2v) is 5.95. The van der Waals surface area contributed by atoms with Crippen LogP contribution in [0, 0.1) is 11.3 Å². The summed E-state index contributed by atoms with van der Waals surface area (Å²) < 4.78 is 5.31. The Hall–Kier alpha value is -2.95. The number of ether oxygens (including phenoxy) is 1. The van der Waals surface area contributed by atoms with Crippen LogP contribution in [0.25, 0.3) is 0 Å². The molecule has 1 aromatic heterocycles. The molecule has 134 valence electrons. The molecule has 0 aliphatic carbocycles. The lowest BCUT2D eigenvalue weighted by Crippen LogP contribution is -2.41. The van der Waals surface area contributed by atoms with E-state index < -0.39 is 0 Å². The van der Waals surface area contributed by atoms with Crippen molar-refractivity contribution in [2.45, 2.75) is 0 Å². The third-order valence-corrected chi connectivity index (χ3v) is 4.11. The number of rotatable bonds is 6. The van der Waals surface area contributed by atoms with Crippen molar-refractivity contribution in [2.75, 3.05) is 44.7 Å². The average Bonchev–Trinajstić information content (AvgIpc) is 2.69. The van der Waals surface area contributed by atoms with E-state index in [9.17, 15) is 4.79 Å². The number of pyridine rings is 1. The zero-order valence-electron chi connectivity index (χ0n) is 14.4. The number of anilines is 2. The Morgan fingerprint density at radius 3 is 2.69 bits per heavy atom. The van der Waals surface area contributed by atoms with Gasteiger partial charge in [0.25, 0.3) is 5.91 Å². The SMILES string of the molecule is N#Cc1ccc(Nc2ccnc(C(=O)NCCN3CCOCC3)c2)cc1. The fraction of sp³-hybridized carbons (Fsp3) is 0.316. The molecule has 0 unspecified atom stereocenters. The zero-order valence-corrected chi connectivity index (χ0v) is 14.4. The van der Waals surface area contributed by atoms with Gasteiger partial charge in [-0.3, -0.25) is 14.7 Å². The van der Waals surface area contributed by atoms with Gasteiger partial charge in [-0.25, -0.2) is 0 Å². The van der Waals surface area contributed by atoms with Gasteiger partial charge in [0.1, 0.15) is 5.69 Å². The van der Waals surface area contributed by atoms with Gasteiger partial charge < -0.3 is 15.4 Å². The first kappa shape index (κ1) is 17.9. The molecule has 0 spiro atoms. The summed E-state index contributed by atoms with van der Waals surface area (Å²) in [5, 5.41) is 14.9. The Labute approximate surface area is 152 Å². The summed E-state index contributed by atoms with van der Waals surface area (Å²) in [6.07, 6.45) is 1.60. The Morgan fingerprint density at radius 2 is 1.96 bits per heavy atom. The molecular formula is C19H21N5O2. The third-order valence-electron chi connectivity index (χ3n) is 4.11. The largest absolute Gasteiger partial charge is 0.379 e. The molecule has 2 N–H and O–H groups in total. The fourth-order valence-electron chi connectivity index (χ4n) is 2.67. The van der Waals surface area contributed by atoms with Crippen LogP contribution < -0.4 is 10.6 Å². The molecule has 1 aliphatic rings. The molecule has 1 amide bonds. The van der Waals surface area contributed by atoms with Gasteiger partial charge in [-0.05, 0) is 36.4 Å². The summed E-state index contributed by atoms with van der Waals surface area (Å²) in [4.78, 5) is 18.7. The number of aromatic nitrogens is 1. The predicted molar refractivity (Wildman–Crippen MR) is 98.3 cm³/mol. The van der Waals surface area contributed by atoms with Crippen LogP contribution in [0.15, 0.2) is 42.6 Å². The molecule has 7 nitrogen and oxygen atoms in total. The van der Waals surface area contributed by atoms with Gasteiger partial charge in [-0.2, -0.15) is 5.26 Å². The lowest BCUT2D eigenvalue weighted by Gasteiger charge is -2.26. The summed E-state index contributed by atoms with van der Waals surface area (Å²) in [5.74, 6) is -0.193. The number of nitriles is 1. The highest BCUT2D eigenvalue weighted by Crippen LogP contribution is 2.17. The van der Waals surface area contributed by atoms with E-state index in [2.05, 4.69) is 26.6 Å². The molecule has 1 aliphatic heterocycles. The Kier molecular flexibility index (Phi) is 6.14. The number of amides is 1. The molecule has 2 heterocycles. The van der Waals surface area contributed by atoms with E-state index in [0.29, 0.717) is 17.8 Å². The van der Waals surface area contributed by atoms with E-state index in [1.165, 1.54) is 0 Å². The maximum absolute atomic E-state index is 12.3. The van der Waals surface area contributed by atoms with Gasteiger partial charge in [0, 0.05) is 43.8 Å². The zero-order chi connectivity index (χ0) is 18.2. The predicted octanol–water partition coefficient (Wildman–Crippen LogP) is 1.76. The average molecular weight is 351 g/mol. The van der Waals surface area contributed by atoms with Crippen LogP contribution in [0.5, 0.6) is 0 Å². The summed E-state index contributed by atoms with van der Waals surface area (Å²) in [6.45, 7) is 4.68. The minimum atomic E-state index is -0.193. The topological polar surface area (TPSA) is 90.3 Å². The van der Waals surface area contributed by atoms with Crippen LogP contribution in [0.1, 0.15) is 16.1 Å². The highest BCUT2D eigenvalue weighted by Gasteiger charge is 2.12. The van der Waals surface area contributed by atoms with Crippen molar-refractivity contribution in [3.05, 3.63) is 53.9 Å². The standard InChI is InChI=1S/C19H21N5O2/c20-14-15-1-3-16(4-2-15)23-17-5-6-21-18(13-17)19(25)22-7-8-24-9-11-26-12-10-24/h1-6,13H,7-12H2,(H,21,23)(H,22,25). The first-order valence-electron chi connectivity index (χ1n) is 8.56. The second-order valence-electron chi connectivity index (χ2n) is 5.95. The van der Waals surface area contributed by atoms with Gasteiger partial charge in [0.05, 0.1) is 24.8 Å². The molecule has 0 saturated carbocycles. The molecule has 0 atom stereocenters. The maximum Gasteiger partial charge on any atom is 0.269 e. The summed E-state index contributed by atoms with van der Waals surface area (Å²) in [5.41, 5.74) is 2.58. The molecule has 1 fully saturated rings. The number of carbonyl (C=O) groups is 1. The minimum absolute atomic E-state index is 0.193. The molecule has 0 bridgehead atoms. The van der Waals surface area contributed by atoms with Gasteiger partial charge >= 0.3 is 0 Å². The molecule has 1 saturated heterocycles. The van der Waals surface area contributed by atoms with Crippen LogP contribution >= 0.6 is 0 Å². The van der Waals surface area contributed by atoms with E-state index in [4.69, 9.17) is 10.00 Å². The Morgan fingerprint density at radius 1 is 1.19 bits per heavy atom. The Bertz CT molecular complexity index is 779. The van der Waals surface area contributed by atoms with Crippen LogP contribution in [-0.4, -0.2) is 55.2 Å². The summed E-state index contributed by atoms with van der Waals surface area (Å²) in [6, 6.07) is 12.7.